The van der Waals surface area contributed by atoms with E-state index < -0.39 is 0 Å². The van der Waals surface area contributed by atoms with Crippen molar-refractivity contribution in [3.63, 3.8) is 0 Å². The highest BCUT2D eigenvalue weighted by Gasteiger charge is 2.13. The van der Waals surface area contributed by atoms with Crippen molar-refractivity contribution in [2.24, 2.45) is 7.05 Å². The minimum Gasteiger partial charge on any atom is -0.459 e. The number of carbonyl (C=O) groups excluding carboxylic acids is 1. The fraction of sp³-hybridized carbons (Fsp3) is 0.0909. The van der Waals surface area contributed by atoms with Gasteiger partial charge >= 0.3 is 0 Å². The maximum absolute atomic E-state index is 12.2. The summed E-state index contributed by atoms with van der Waals surface area (Å²) in [6, 6.07) is 19.5. The zero-order valence-corrected chi connectivity index (χ0v) is 15.3. The van der Waals surface area contributed by atoms with E-state index in [9.17, 15) is 4.79 Å². The number of aryl methyl sites for hydroxylation is 1. The Kier molecular flexibility index (Phi) is 3.76. The average Bonchev–Trinajstić information content (AvgIpc) is 3.43. The van der Waals surface area contributed by atoms with E-state index in [1.54, 1.807) is 12.1 Å². The maximum Gasteiger partial charge on any atom is 0.291 e. The van der Waals surface area contributed by atoms with Crippen LogP contribution in [0.4, 0.5) is 5.69 Å². The van der Waals surface area contributed by atoms with E-state index in [1.165, 1.54) is 17.2 Å². The molecule has 0 saturated carbocycles. The lowest BCUT2D eigenvalue weighted by molar-refractivity contribution is 0.0996. The van der Waals surface area contributed by atoms with Crippen LogP contribution in [0.3, 0.4) is 0 Å². The van der Waals surface area contributed by atoms with Crippen LogP contribution in [0.5, 0.6) is 0 Å². The summed E-state index contributed by atoms with van der Waals surface area (Å²) in [5, 5.41) is 4.06. The van der Waals surface area contributed by atoms with Gasteiger partial charge in [0.1, 0.15) is 5.82 Å². The Hall–Kier alpha value is -3.80. The first-order valence-corrected chi connectivity index (χ1v) is 9.03. The second kappa shape index (κ2) is 6.42. The molecular weight excluding hydrogens is 352 g/mol. The number of imidazole rings is 1. The van der Waals surface area contributed by atoms with Crippen LogP contribution in [0.1, 0.15) is 16.4 Å². The van der Waals surface area contributed by atoms with Gasteiger partial charge in [0, 0.05) is 24.4 Å². The van der Waals surface area contributed by atoms with Crippen molar-refractivity contribution in [3.8, 4) is 0 Å². The first kappa shape index (κ1) is 16.4. The number of para-hydroxylation sites is 1. The number of rotatable bonds is 4. The standard InChI is InChI=1S/C22H18N4O2/c1-25-19-9-8-16(23-22(27)20-7-4-12-28-20)13-17(19)24-21(25)14-26-11-10-15-5-2-3-6-18(15)26/h2-13H,14H2,1H3,(H,23,27). The smallest absolute Gasteiger partial charge is 0.291 e. The average molecular weight is 370 g/mol. The molecule has 5 aromatic rings. The van der Waals surface area contributed by atoms with E-state index >= 15 is 0 Å². The van der Waals surface area contributed by atoms with E-state index in [1.807, 2.05) is 37.4 Å². The zero-order valence-electron chi connectivity index (χ0n) is 15.3. The van der Waals surface area contributed by atoms with Crippen LogP contribution in [-0.2, 0) is 13.6 Å². The van der Waals surface area contributed by atoms with E-state index in [4.69, 9.17) is 9.40 Å². The van der Waals surface area contributed by atoms with E-state index in [0.717, 1.165) is 16.9 Å². The van der Waals surface area contributed by atoms with Crippen molar-refractivity contribution >= 4 is 33.5 Å². The quantitative estimate of drug-likeness (QED) is 0.509. The van der Waals surface area contributed by atoms with Gasteiger partial charge in [0.25, 0.3) is 5.91 Å². The van der Waals surface area contributed by atoms with E-state index in [2.05, 4.69) is 38.8 Å². The van der Waals surface area contributed by atoms with Crippen LogP contribution in [0, 0.1) is 0 Å². The second-order valence-electron chi connectivity index (χ2n) is 6.72. The summed E-state index contributed by atoms with van der Waals surface area (Å²) >= 11 is 0. The Balaban J connectivity index is 1.46. The lowest BCUT2D eigenvalue weighted by Gasteiger charge is -2.06. The van der Waals surface area contributed by atoms with Gasteiger partial charge in [-0.2, -0.15) is 0 Å². The monoisotopic (exact) mass is 370 g/mol. The Morgan fingerprint density at radius 3 is 2.82 bits per heavy atom. The van der Waals surface area contributed by atoms with Crippen LogP contribution in [-0.4, -0.2) is 20.0 Å². The molecule has 3 heterocycles. The largest absolute Gasteiger partial charge is 0.459 e. The molecule has 0 atom stereocenters. The molecule has 0 fully saturated rings. The fourth-order valence-corrected chi connectivity index (χ4v) is 3.50. The van der Waals surface area contributed by atoms with Crippen LogP contribution >= 0.6 is 0 Å². The number of nitrogens with one attached hydrogen (secondary N) is 1. The summed E-state index contributed by atoms with van der Waals surface area (Å²) < 4.78 is 9.41. The highest BCUT2D eigenvalue weighted by Crippen LogP contribution is 2.22. The first-order valence-electron chi connectivity index (χ1n) is 9.03. The molecule has 0 aliphatic carbocycles. The van der Waals surface area contributed by atoms with Crippen LogP contribution in [0.15, 0.2) is 77.5 Å². The van der Waals surface area contributed by atoms with Crippen molar-refractivity contribution in [3.05, 3.63) is 84.7 Å². The number of benzene rings is 2. The molecule has 6 heteroatoms. The molecule has 0 aliphatic rings. The van der Waals surface area contributed by atoms with Crippen LogP contribution in [0.2, 0.25) is 0 Å². The molecule has 28 heavy (non-hydrogen) atoms. The molecule has 6 nitrogen and oxygen atoms in total. The lowest BCUT2D eigenvalue weighted by atomic mass is 10.2. The molecule has 5 rings (SSSR count). The molecule has 1 amide bonds. The molecule has 1 N–H and O–H groups in total. The number of aromatic nitrogens is 3. The topological polar surface area (TPSA) is 65.0 Å². The number of carbonyl (C=O) groups is 1. The number of anilines is 1. The number of nitrogens with zero attached hydrogens (tertiary/aromatic N) is 3. The van der Waals surface area contributed by atoms with Gasteiger partial charge in [-0.05, 0) is 47.9 Å². The summed E-state index contributed by atoms with van der Waals surface area (Å²) in [7, 11) is 2.01. The van der Waals surface area contributed by atoms with Gasteiger partial charge in [-0.15, -0.1) is 0 Å². The van der Waals surface area contributed by atoms with Crippen molar-refractivity contribution in [2.75, 3.05) is 5.32 Å². The molecule has 0 unspecified atom stereocenters. The predicted octanol–water partition coefficient (Wildman–Crippen LogP) is 4.42. The molecule has 0 saturated heterocycles. The third-order valence-electron chi connectivity index (χ3n) is 4.97. The molecule has 0 spiro atoms. The fourth-order valence-electron chi connectivity index (χ4n) is 3.50. The highest BCUT2D eigenvalue weighted by molar-refractivity contribution is 6.03. The summed E-state index contributed by atoms with van der Waals surface area (Å²) in [6.07, 6.45) is 3.56. The molecule has 0 bridgehead atoms. The van der Waals surface area contributed by atoms with Gasteiger partial charge in [-0.3, -0.25) is 4.79 Å². The zero-order chi connectivity index (χ0) is 19.1. The number of fused-ring (bicyclic) bond motifs is 2. The minimum absolute atomic E-state index is 0.278. The van der Waals surface area contributed by atoms with Gasteiger partial charge in [0.15, 0.2) is 5.76 Å². The molecule has 0 radical (unpaired) electrons. The van der Waals surface area contributed by atoms with Gasteiger partial charge < -0.3 is 18.9 Å². The molecule has 3 aromatic heterocycles. The third kappa shape index (κ3) is 2.75. The Bertz CT molecular complexity index is 1300. The van der Waals surface area contributed by atoms with Crippen molar-refractivity contribution in [1.29, 1.82) is 0 Å². The van der Waals surface area contributed by atoms with Crippen molar-refractivity contribution in [1.82, 2.24) is 14.1 Å². The number of hydrogen-bond acceptors (Lipinski definition) is 3. The molecule has 138 valence electrons. The maximum atomic E-state index is 12.2. The third-order valence-corrected chi connectivity index (χ3v) is 4.97. The van der Waals surface area contributed by atoms with Gasteiger partial charge in [0.2, 0.25) is 0 Å². The predicted molar refractivity (Wildman–Crippen MR) is 108 cm³/mol. The first-order chi connectivity index (χ1) is 13.7. The van der Waals surface area contributed by atoms with Gasteiger partial charge in [-0.25, -0.2) is 4.98 Å². The van der Waals surface area contributed by atoms with Gasteiger partial charge in [-0.1, -0.05) is 18.2 Å². The molecule has 0 aliphatic heterocycles. The van der Waals surface area contributed by atoms with E-state index in [-0.39, 0.29) is 11.7 Å². The summed E-state index contributed by atoms with van der Waals surface area (Å²) in [5.74, 6) is 0.950. The number of hydrogen-bond donors (Lipinski definition) is 1. The van der Waals surface area contributed by atoms with Gasteiger partial charge in [0.05, 0.1) is 23.8 Å². The second-order valence-corrected chi connectivity index (χ2v) is 6.72. The summed E-state index contributed by atoms with van der Waals surface area (Å²) in [4.78, 5) is 17.0. The number of amides is 1. The number of furan rings is 1. The molecular formula is C22H18N4O2. The Morgan fingerprint density at radius 1 is 1.07 bits per heavy atom. The van der Waals surface area contributed by atoms with Crippen molar-refractivity contribution < 1.29 is 9.21 Å². The van der Waals surface area contributed by atoms with Crippen molar-refractivity contribution in [2.45, 2.75) is 6.54 Å². The SMILES string of the molecule is Cn1c(Cn2ccc3ccccc32)nc2cc(NC(=O)c3ccco3)ccc21. The van der Waals surface area contributed by atoms with E-state index in [0.29, 0.717) is 12.2 Å². The molecule has 2 aromatic carbocycles. The summed E-state index contributed by atoms with van der Waals surface area (Å²) in [5.41, 5.74) is 3.72. The lowest BCUT2D eigenvalue weighted by Crippen LogP contribution is -2.10. The van der Waals surface area contributed by atoms with Crippen LogP contribution in [0.25, 0.3) is 21.9 Å². The Morgan fingerprint density at radius 2 is 1.96 bits per heavy atom. The Labute approximate surface area is 161 Å². The van der Waals surface area contributed by atoms with Crippen LogP contribution < -0.4 is 5.32 Å². The highest BCUT2D eigenvalue weighted by atomic mass is 16.3. The normalized spacial score (nSPS) is 11.3. The summed E-state index contributed by atoms with van der Waals surface area (Å²) in [6.45, 7) is 0.673. The minimum atomic E-state index is -0.278.